The highest BCUT2D eigenvalue weighted by molar-refractivity contribution is 7.80. The molecule has 0 saturated carbocycles. The van der Waals surface area contributed by atoms with Gasteiger partial charge in [0, 0.05) is 24.4 Å². The van der Waals surface area contributed by atoms with Crippen LogP contribution in [0.3, 0.4) is 0 Å². The SMILES string of the molecule is CCC(C)(C)C(=O)N1CCCC(C(N)=S)C1. The maximum atomic E-state index is 12.3. The summed E-state index contributed by atoms with van der Waals surface area (Å²) >= 11 is 5.02. The molecule has 3 nitrogen and oxygen atoms in total. The summed E-state index contributed by atoms with van der Waals surface area (Å²) in [6.07, 6.45) is 2.89. The van der Waals surface area contributed by atoms with Crippen LogP contribution < -0.4 is 5.73 Å². The number of piperidine rings is 1. The van der Waals surface area contributed by atoms with Crippen LogP contribution in [0.15, 0.2) is 0 Å². The van der Waals surface area contributed by atoms with E-state index in [1.807, 2.05) is 25.7 Å². The number of carbonyl (C=O) groups excluding carboxylic acids is 1. The number of likely N-dealkylation sites (tertiary alicyclic amines) is 1. The van der Waals surface area contributed by atoms with Crippen molar-refractivity contribution in [3.63, 3.8) is 0 Å². The van der Waals surface area contributed by atoms with Crippen LogP contribution in [0.1, 0.15) is 40.0 Å². The van der Waals surface area contributed by atoms with Crippen LogP contribution >= 0.6 is 12.2 Å². The number of thiocarbonyl (C=S) groups is 1. The Hall–Kier alpha value is -0.640. The van der Waals surface area contributed by atoms with E-state index in [2.05, 4.69) is 0 Å². The zero-order chi connectivity index (χ0) is 12.3. The van der Waals surface area contributed by atoms with E-state index in [9.17, 15) is 4.79 Å². The largest absolute Gasteiger partial charge is 0.393 e. The second-order valence-corrected chi connectivity index (χ2v) is 5.70. The van der Waals surface area contributed by atoms with Crippen molar-refractivity contribution in [2.75, 3.05) is 13.1 Å². The number of carbonyl (C=O) groups is 1. The van der Waals surface area contributed by atoms with Crippen LogP contribution in [-0.4, -0.2) is 28.9 Å². The van der Waals surface area contributed by atoms with Gasteiger partial charge in [-0.05, 0) is 19.3 Å². The van der Waals surface area contributed by atoms with Crippen molar-refractivity contribution < 1.29 is 4.79 Å². The molecule has 1 atom stereocenters. The van der Waals surface area contributed by atoms with E-state index in [0.717, 1.165) is 25.8 Å². The van der Waals surface area contributed by atoms with Crippen molar-refractivity contribution in [1.82, 2.24) is 4.90 Å². The lowest BCUT2D eigenvalue weighted by Gasteiger charge is -2.37. The minimum Gasteiger partial charge on any atom is -0.393 e. The molecule has 1 amide bonds. The fraction of sp³-hybridized carbons (Fsp3) is 0.833. The number of rotatable bonds is 3. The Morgan fingerprint density at radius 2 is 2.19 bits per heavy atom. The molecule has 92 valence electrons. The van der Waals surface area contributed by atoms with Crippen molar-refractivity contribution in [2.24, 2.45) is 17.1 Å². The van der Waals surface area contributed by atoms with Crippen molar-refractivity contribution in [3.8, 4) is 0 Å². The Morgan fingerprint density at radius 1 is 1.56 bits per heavy atom. The molecular formula is C12H22N2OS. The van der Waals surface area contributed by atoms with Gasteiger partial charge in [0.2, 0.25) is 5.91 Å². The topological polar surface area (TPSA) is 46.3 Å². The molecule has 4 heteroatoms. The van der Waals surface area contributed by atoms with Crippen LogP contribution in [-0.2, 0) is 4.79 Å². The first-order valence-electron chi connectivity index (χ1n) is 5.97. The van der Waals surface area contributed by atoms with E-state index in [4.69, 9.17) is 18.0 Å². The zero-order valence-electron chi connectivity index (χ0n) is 10.5. The highest BCUT2D eigenvalue weighted by Crippen LogP contribution is 2.26. The van der Waals surface area contributed by atoms with Gasteiger partial charge in [-0.25, -0.2) is 0 Å². The maximum absolute atomic E-state index is 12.3. The van der Waals surface area contributed by atoms with Crippen LogP contribution in [0.5, 0.6) is 0 Å². The van der Waals surface area contributed by atoms with E-state index in [-0.39, 0.29) is 17.2 Å². The minimum absolute atomic E-state index is 0.209. The lowest BCUT2D eigenvalue weighted by molar-refractivity contribution is -0.141. The average molecular weight is 242 g/mol. The number of hydrogen-bond donors (Lipinski definition) is 1. The Morgan fingerprint density at radius 3 is 2.69 bits per heavy atom. The first-order chi connectivity index (χ1) is 7.38. The van der Waals surface area contributed by atoms with Crippen LogP contribution in [0, 0.1) is 11.3 Å². The second kappa shape index (κ2) is 5.13. The summed E-state index contributed by atoms with van der Waals surface area (Å²) in [6.45, 7) is 7.60. The van der Waals surface area contributed by atoms with Gasteiger partial charge in [-0.2, -0.15) is 0 Å². The molecule has 0 radical (unpaired) electrons. The third-order valence-electron chi connectivity index (χ3n) is 3.57. The summed E-state index contributed by atoms with van der Waals surface area (Å²) in [5, 5.41) is 0. The van der Waals surface area contributed by atoms with Crippen molar-refractivity contribution in [1.29, 1.82) is 0 Å². The molecule has 0 aromatic heterocycles. The summed E-state index contributed by atoms with van der Waals surface area (Å²) in [7, 11) is 0. The average Bonchev–Trinajstić information content (AvgIpc) is 2.28. The molecule has 1 saturated heterocycles. The summed E-state index contributed by atoms with van der Waals surface area (Å²) in [4.78, 5) is 14.7. The number of nitrogens with zero attached hydrogens (tertiary/aromatic N) is 1. The van der Waals surface area contributed by atoms with Crippen LogP contribution in [0.25, 0.3) is 0 Å². The van der Waals surface area contributed by atoms with Gasteiger partial charge in [0.05, 0.1) is 4.99 Å². The van der Waals surface area contributed by atoms with Crippen LogP contribution in [0.2, 0.25) is 0 Å². The molecule has 0 spiro atoms. The van der Waals surface area contributed by atoms with Gasteiger partial charge < -0.3 is 10.6 Å². The van der Waals surface area contributed by atoms with Crippen molar-refractivity contribution >= 4 is 23.1 Å². The predicted octanol–water partition coefficient (Wildman–Crippen LogP) is 1.95. The van der Waals surface area contributed by atoms with E-state index < -0.39 is 0 Å². The highest BCUT2D eigenvalue weighted by atomic mass is 32.1. The summed E-state index contributed by atoms with van der Waals surface area (Å²) in [5.74, 6) is 0.441. The molecule has 1 aliphatic rings. The van der Waals surface area contributed by atoms with Crippen molar-refractivity contribution in [2.45, 2.75) is 40.0 Å². The Kier molecular flexibility index (Phi) is 4.30. The van der Waals surface area contributed by atoms with E-state index in [0.29, 0.717) is 11.5 Å². The summed E-state index contributed by atoms with van der Waals surface area (Å²) < 4.78 is 0. The Balaban J connectivity index is 2.67. The number of nitrogens with two attached hydrogens (primary N) is 1. The molecule has 0 aliphatic carbocycles. The van der Waals surface area contributed by atoms with Gasteiger partial charge in [-0.1, -0.05) is 33.0 Å². The van der Waals surface area contributed by atoms with E-state index in [1.165, 1.54) is 0 Å². The predicted molar refractivity (Wildman–Crippen MR) is 70.2 cm³/mol. The lowest BCUT2D eigenvalue weighted by Crippen LogP contribution is -2.48. The molecule has 0 aromatic carbocycles. The quantitative estimate of drug-likeness (QED) is 0.769. The van der Waals surface area contributed by atoms with Gasteiger partial charge in [-0.3, -0.25) is 4.79 Å². The molecule has 16 heavy (non-hydrogen) atoms. The molecule has 1 aliphatic heterocycles. The lowest BCUT2D eigenvalue weighted by atomic mass is 9.87. The standard InChI is InChI=1S/C12H22N2OS/c1-4-12(2,3)11(15)14-7-5-6-9(8-14)10(13)16/h9H,4-8H2,1-3H3,(H2,13,16). The molecule has 1 heterocycles. The molecule has 1 unspecified atom stereocenters. The maximum Gasteiger partial charge on any atom is 0.228 e. The van der Waals surface area contributed by atoms with Gasteiger partial charge in [0.15, 0.2) is 0 Å². The Bertz CT molecular complexity index is 289. The van der Waals surface area contributed by atoms with E-state index in [1.54, 1.807) is 0 Å². The third-order valence-corrected chi connectivity index (χ3v) is 3.91. The number of amides is 1. The second-order valence-electron chi connectivity index (χ2n) is 5.23. The minimum atomic E-state index is -0.266. The fourth-order valence-electron chi connectivity index (χ4n) is 1.97. The van der Waals surface area contributed by atoms with Gasteiger partial charge >= 0.3 is 0 Å². The summed E-state index contributed by atoms with van der Waals surface area (Å²) in [5.41, 5.74) is 5.40. The molecule has 0 bridgehead atoms. The first kappa shape index (κ1) is 13.4. The molecule has 0 aromatic rings. The fourth-order valence-corrected chi connectivity index (χ4v) is 2.17. The highest BCUT2D eigenvalue weighted by Gasteiger charge is 2.33. The summed E-state index contributed by atoms with van der Waals surface area (Å²) in [6, 6.07) is 0. The zero-order valence-corrected chi connectivity index (χ0v) is 11.3. The van der Waals surface area contributed by atoms with Crippen LogP contribution in [0.4, 0.5) is 0 Å². The van der Waals surface area contributed by atoms with Gasteiger partial charge in [0.25, 0.3) is 0 Å². The molecule has 1 fully saturated rings. The normalized spacial score (nSPS) is 21.9. The number of hydrogen-bond acceptors (Lipinski definition) is 2. The smallest absolute Gasteiger partial charge is 0.228 e. The van der Waals surface area contributed by atoms with Gasteiger partial charge in [-0.15, -0.1) is 0 Å². The molecule has 2 N–H and O–H groups in total. The molecular weight excluding hydrogens is 220 g/mol. The van der Waals surface area contributed by atoms with E-state index >= 15 is 0 Å². The Labute approximate surface area is 103 Å². The van der Waals surface area contributed by atoms with Gasteiger partial charge in [0.1, 0.15) is 0 Å². The first-order valence-corrected chi connectivity index (χ1v) is 6.38. The monoisotopic (exact) mass is 242 g/mol. The molecule has 1 rings (SSSR count). The third kappa shape index (κ3) is 2.94. The van der Waals surface area contributed by atoms with Crippen molar-refractivity contribution in [3.05, 3.63) is 0 Å².